The van der Waals surface area contributed by atoms with Gasteiger partial charge in [0.05, 0.1) is 24.1 Å². The molecule has 0 aromatic carbocycles. The average Bonchev–Trinajstić information content (AvgIpc) is 2.44. The highest BCUT2D eigenvalue weighted by atomic mass is 35.5. The Balaban J connectivity index is 2.74. The van der Waals surface area contributed by atoms with E-state index in [1.807, 2.05) is 0 Å². The van der Waals surface area contributed by atoms with Crippen molar-refractivity contribution in [2.24, 2.45) is 0 Å². The van der Waals surface area contributed by atoms with Gasteiger partial charge in [-0.05, 0) is 12.5 Å². The van der Waals surface area contributed by atoms with Crippen LogP contribution in [0.15, 0.2) is 12.3 Å². The van der Waals surface area contributed by atoms with Crippen LogP contribution in [0.25, 0.3) is 0 Å². The van der Waals surface area contributed by atoms with Crippen LogP contribution in [0, 0.1) is 0 Å². The molecule has 1 aromatic rings. The fourth-order valence-corrected chi connectivity index (χ4v) is 2.13. The quantitative estimate of drug-likeness (QED) is 0.570. The van der Waals surface area contributed by atoms with E-state index in [2.05, 4.69) is 11.9 Å². The number of carbonyl (C=O) groups is 1. The maximum Gasteiger partial charge on any atom is 0.257 e. The van der Waals surface area contributed by atoms with Gasteiger partial charge in [0.15, 0.2) is 0 Å². The van der Waals surface area contributed by atoms with Crippen LogP contribution in [0.5, 0.6) is 0 Å². The minimum atomic E-state index is -0.236. The van der Waals surface area contributed by atoms with Gasteiger partial charge in [-0.2, -0.15) is 0 Å². The van der Waals surface area contributed by atoms with E-state index < -0.39 is 0 Å². The molecule has 0 aliphatic rings. The molecular formula is C14H22ClN3O2. The highest BCUT2D eigenvalue weighted by Crippen LogP contribution is 2.18. The largest absolute Gasteiger partial charge is 0.397 e. The number of nitrogens with two attached hydrogens (primary N) is 1. The molecule has 0 saturated heterocycles. The SMILES string of the molecule is CCCCCCN(CCO)C(=O)c1cc(N)cnc1Cl. The maximum atomic E-state index is 12.4. The molecule has 112 valence electrons. The van der Waals surface area contributed by atoms with Gasteiger partial charge in [0.25, 0.3) is 5.91 Å². The zero-order chi connectivity index (χ0) is 15.0. The smallest absolute Gasteiger partial charge is 0.257 e. The maximum absolute atomic E-state index is 12.4. The predicted molar refractivity (Wildman–Crippen MR) is 80.8 cm³/mol. The van der Waals surface area contributed by atoms with Crippen LogP contribution in [-0.2, 0) is 0 Å². The number of amides is 1. The molecule has 0 bridgehead atoms. The number of anilines is 1. The summed E-state index contributed by atoms with van der Waals surface area (Å²) in [6.07, 6.45) is 5.67. The molecule has 1 heterocycles. The third-order valence-corrected chi connectivity index (χ3v) is 3.33. The number of unbranched alkanes of at least 4 members (excludes halogenated alkanes) is 3. The first-order valence-corrected chi connectivity index (χ1v) is 7.29. The number of hydrogen-bond acceptors (Lipinski definition) is 4. The summed E-state index contributed by atoms with van der Waals surface area (Å²) in [5, 5.41) is 9.23. The van der Waals surface area contributed by atoms with Crippen molar-refractivity contribution in [3.05, 3.63) is 23.0 Å². The lowest BCUT2D eigenvalue weighted by Crippen LogP contribution is -2.34. The summed E-state index contributed by atoms with van der Waals surface area (Å²) in [7, 11) is 0. The molecule has 1 rings (SSSR count). The van der Waals surface area contributed by atoms with Crippen LogP contribution in [0.4, 0.5) is 5.69 Å². The first-order valence-electron chi connectivity index (χ1n) is 6.91. The van der Waals surface area contributed by atoms with Crippen molar-refractivity contribution in [2.75, 3.05) is 25.4 Å². The molecule has 0 fully saturated rings. The Morgan fingerprint density at radius 3 is 2.80 bits per heavy atom. The monoisotopic (exact) mass is 299 g/mol. The van der Waals surface area contributed by atoms with Crippen LogP contribution < -0.4 is 5.73 Å². The van der Waals surface area contributed by atoms with Crippen LogP contribution in [0.3, 0.4) is 0 Å². The van der Waals surface area contributed by atoms with E-state index in [-0.39, 0.29) is 29.8 Å². The van der Waals surface area contributed by atoms with E-state index in [9.17, 15) is 4.79 Å². The molecule has 6 heteroatoms. The van der Waals surface area contributed by atoms with E-state index in [1.54, 1.807) is 4.90 Å². The van der Waals surface area contributed by atoms with E-state index in [0.29, 0.717) is 12.2 Å². The van der Waals surface area contributed by atoms with Gasteiger partial charge in [-0.3, -0.25) is 4.79 Å². The van der Waals surface area contributed by atoms with Gasteiger partial charge >= 0.3 is 0 Å². The Labute approximate surface area is 124 Å². The lowest BCUT2D eigenvalue weighted by Gasteiger charge is -2.22. The Bertz CT molecular complexity index is 440. The normalized spacial score (nSPS) is 10.6. The second-order valence-corrected chi connectivity index (χ2v) is 5.04. The number of hydrogen-bond donors (Lipinski definition) is 2. The van der Waals surface area contributed by atoms with Crippen molar-refractivity contribution in [2.45, 2.75) is 32.6 Å². The predicted octanol–water partition coefficient (Wildman–Crippen LogP) is 2.33. The molecule has 1 aromatic heterocycles. The lowest BCUT2D eigenvalue weighted by atomic mass is 10.2. The number of rotatable bonds is 8. The number of pyridine rings is 1. The van der Waals surface area contributed by atoms with Gasteiger partial charge in [-0.1, -0.05) is 37.8 Å². The van der Waals surface area contributed by atoms with Crippen molar-refractivity contribution in [1.82, 2.24) is 9.88 Å². The summed E-state index contributed by atoms with van der Waals surface area (Å²) < 4.78 is 0. The third-order valence-electron chi connectivity index (χ3n) is 3.03. The summed E-state index contributed by atoms with van der Waals surface area (Å²) in [6, 6.07) is 1.52. The summed E-state index contributed by atoms with van der Waals surface area (Å²) in [4.78, 5) is 17.9. The van der Waals surface area contributed by atoms with Crippen molar-refractivity contribution in [1.29, 1.82) is 0 Å². The fourth-order valence-electron chi connectivity index (χ4n) is 1.95. The number of aromatic nitrogens is 1. The van der Waals surface area contributed by atoms with E-state index in [4.69, 9.17) is 22.4 Å². The topological polar surface area (TPSA) is 79.5 Å². The Kier molecular flexibility index (Phi) is 7.33. The van der Waals surface area contributed by atoms with E-state index >= 15 is 0 Å². The molecule has 0 aliphatic heterocycles. The molecule has 5 nitrogen and oxygen atoms in total. The van der Waals surface area contributed by atoms with Crippen molar-refractivity contribution in [3.63, 3.8) is 0 Å². The molecule has 20 heavy (non-hydrogen) atoms. The highest BCUT2D eigenvalue weighted by molar-refractivity contribution is 6.32. The van der Waals surface area contributed by atoms with Gasteiger partial charge < -0.3 is 15.7 Å². The number of aliphatic hydroxyl groups excluding tert-OH is 1. The van der Waals surface area contributed by atoms with Crippen molar-refractivity contribution < 1.29 is 9.90 Å². The number of nitrogen functional groups attached to an aromatic ring is 1. The Morgan fingerprint density at radius 1 is 1.40 bits per heavy atom. The third kappa shape index (κ3) is 4.98. The molecule has 0 spiro atoms. The van der Waals surface area contributed by atoms with E-state index in [0.717, 1.165) is 25.7 Å². The second-order valence-electron chi connectivity index (χ2n) is 4.68. The Morgan fingerprint density at radius 2 is 2.15 bits per heavy atom. The first-order chi connectivity index (χ1) is 9.60. The molecule has 0 atom stereocenters. The van der Waals surface area contributed by atoms with E-state index in [1.165, 1.54) is 12.3 Å². The van der Waals surface area contributed by atoms with Crippen molar-refractivity contribution >= 4 is 23.2 Å². The lowest BCUT2D eigenvalue weighted by molar-refractivity contribution is 0.0718. The molecule has 0 radical (unpaired) electrons. The molecule has 1 amide bonds. The van der Waals surface area contributed by atoms with Gasteiger partial charge in [0.1, 0.15) is 5.15 Å². The van der Waals surface area contributed by atoms with Crippen LogP contribution in [0.1, 0.15) is 43.0 Å². The summed E-state index contributed by atoms with van der Waals surface area (Å²) in [6.45, 7) is 2.95. The Hall–Kier alpha value is -1.33. The van der Waals surface area contributed by atoms with Crippen LogP contribution in [-0.4, -0.2) is 40.6 Å². The van der Waals surface area contributed by atoms with Gasteiger partial charge in [0.2, 0.25) is 0 Å². The minimum Gasteiger partial charge on any atom is -0.397 e. The molecule has 3 N–H and O–H groups in total. The second kappa shape index (κ2) is 8.76. The molecule has 0 unspecified atom stereocenters. The van der Waals surface area contributed by atoms with Crippen LogP contribution in [0.2, 0.25) is 5.15 Å². The summed E-state index contributed by atoms with van der Waals surface area (Å²) >= 11 is 5.94. The number of aliphatic hydroxyl groups is 1. The van der Waals surface area contributed by atoms with Crippen LogP contribution >= 0.6 is 11.6 Å². The summed E-state index contributed by atoms with van der Waals surface area (Å²) in [5.74, 6) is -0.236. The number of nitrogens with zero attached hydrogens (tertiary/aromatic N) is 2. The van der Waals surface area contributed by atoms with Gasteiger partial charge in [-0.25, -0.2) is 4.98 Å². The molecule has 0 saturated carbocycles. The molecule has 0 aliphatic carbocycles. The first kappa shape index (κ1) is 16.7. The van der Waals surface area contributed by atoms with Gasteiger partial charge in [0, 0.05) is 13.1 Å². The zero-order valence-electron chi connectivity index (χ0n) is 11.8. The molecular weight excluding hydrogens is 278 g/mol. The zero-order valence-corrected chi connectivity index (χ0v) is 12.6. The minimum absolute atomic E-state index is 0.0765. The average molecular weight is 300 g/mol. The standard InChI is InChI=1S/C14H22ClN3O2/c1-2-3-4-5-6-18(7-8-19)14(20)12-9-11(16)10-17-13(12)15/h9-10,19H,2-8,16H2,1H3. The summed E-state index contributed by atoms with van der Waals surface area (Å²) in [5.41, 5.74) is 6.32. The fraction of sp³-hybridized carbons (Fsp3) is 0.571. The highest BCUT2D eigenvalue weighted by Gasteiger charge is 2.18. The number of carbonyl (C=O) groups excluding carboxylic acids is 1. The number of halogens is 1. The van der Waals surface area contributed by atoms with Gasteiger partial charge in [-0.15, -0.1) is 0 Å². The van der Waals surface area contributed by atoms with Crippen molar-refractivity contribution in [3.8, 4) is 0 Å².